The Balaban J connectivity index is 2.51. The molecule has 0 N–H and O–H groups in total. The highest BCUT2D eigenvalue weighted by Gasteiger charge is 2.19. The Morgan fingerprint density at radius 2 is 1.94 bits per heavy atom. The summed E-state index contributed by atoms with van der Waals surface area (Å²) < 4.78 is 23.6. The van der Waals surface area contributed by atoms with Crippen molar-refractivity contribution < 1.29 is 18.3 Å². The number of carbonyl (C=O) groups excluding carboxylic acids is 1. The second-order valence-electron chi connectivity index (χ2n) is 4.00. The molecule has 0 aliphatic rings. The minimum absolute atomic E-state index is 0.196. The van der Waals surface area contributed by atoms with Crippen molar-refractivity contribution in [3.63, 3.8) is 0 Å². The lowest BCUT2D eigenvalue weighted by Gasteiger charge is -2.06. The summed E-state index contributed by atoms with van der Waals surface area (Å²) in [5.74, 6) is 0.729. The Morgan fingerprint density at radius 1 is 1.22 bits per heavy atom. The lowest BCUT2D eigenvalue weighted by molar-refractivity contribution is 0.103. The molecule has 1 aromatic heterocycles. The summed E-state index contributed by atoms with van der Waals surface area (Å²) in [7, 11) is 1.44. The number of hydrogen-bond donors (Lipinski definition) is 0. The number of carbonyl (C=O) groups is 1. The first-order valence-electron chi connectivity index (χ1n) is 5.48. The van der Waals surface area contributed by atoms with Crippen molar-refractivity contribution in [3.05, 3.63) is 52.7 Å². The van der Waals surface area contributed by atoms with Gasteiger partial charge in [-0.2, -0.15) is 0 Å². The summed E-state index contributed by atoms with van der Waals surface area (Å²) in [4.78, 5) is 12.3. The van der Waals surface area contributed by atoms with Gasteiger partial charge in [0.1, 0.15) is 23.1 Å². The quantitative estimate of drug-likeness (QED) is 0.782. The van der Waals surface area contributed by atoms with Crippen molar-refractivity contribution in [2.24, 2.45) is 0 Å². The molecule has 2 rings (SSSR count). The van der Waals surface area contributed by atoms with E-state index in [1.165, 1.54) is 25.3 Å². The fourth-order valence-electron chi connectivity index (χ4n) is 1.86. The molecule has 0 aliphatic carbocycles. The first-order chi connectivity index (χ1) is 8.52. The second-order valence-corrected chi connectivity index (χ2v) is 4.00. The van der Waals surface area contributed by atoms with Gasteiger partial charge in [0.25, 0.3) is 0 Å². The third-order valence-corrected chi connectivity index (χ3v) is 2.69. The SMILES string of the molecule is COc1ccc(F)cc1C(=O)c1cc(C)oc1C. The molecule has 3 nitrogen and oxygen atoms in total. The van der Waals surface area contributed by atoms with Crippen LogP contribution >= 0.6 is 0 Å². The number of hydrogen-bond acceptors (Lipinski definition) is 3. The van der Waals surface area contributed by atoms with Crippen molar-refractivity contribution in [1.29, 1.82) is 0 Å². The Hall–Kier alpha value is -2.10. The molecule has 1 heterocycles. The molecule has 18 heavy (non-hydrogen) atoms. The van der Waals surface area contributed by atoms with Gasteiger partial charge in [0.15, 0.2) is 5.78 Å². The van der Waals surface area contributed by atoms with E-state index >= 15 is 0 Å². The molecule has 0 bridgehead atoms. The van der Waals surface area contributed by atoms with Crippen LogP contribution in [0.15, 0.2) is 28.7 Å². The van der Waals surface area contributed by atoms with Crippen LogP contribution in [0.4, 0.5) is 4.39 Å². The third kappa shape index (κ3) is 2.14. The van der Waals surface area contributed by atoms with E-state index in [1.54, 1.807) is 19.9 Å². The fraction of sp³-hybridized carbons (Fsp3) is 0.214. The van der Waals surface area contributed by atoms with Gasteiger partial charge in [0.05, 0.1) is 18.2 Å². The minimum atomic E-state index is -0.475. The van der Waals surface area contributed by atoms with Gasteiger partial charge in [-0.05, 0) is 38.1 Å². The Morgan fingerprint density at radius 3 is 2.50 bits per heavy atom. The molecule has 0 saturated heterocycles. The maximum Gasteiger partial charge on any atom is 0.200 e. The zero-order chi connectivity index (χ0) is 13.3. The van der Waals surface area contributed by atoms with Crippen molar-refractivity contribution in [2.45, 2.75) is 13.8 Å². The molecule has 2 aromatic rings. The minimum Gasteiger partial charge on any atom is -0.496 e. The van der Waals surface area contributed by atoms with Gasteiger partial charge in [0.2, 0.25) is 0 Å². The maximum absolute atomic E-state index is 13.2. The average Bonchev–Trinajstić information content (AvgIpc) is 2.67. The third-order valence-electron chi connectivity index (χ3n) is 2.69. The van der Waals surface area contributed by atoms with E-state index in [4.69, 9.17) is 9.15 Å². The van der Waals surface area contributed by atoms with Gasteiger partial charge in [-0.3, -0.25) is 4.79 Å². The Kier molecular flexibility index (Phi) is 3.19. The van der Waals surface area contributed by atoms with Gasteiger partial charge in [-0.25, -0.2) is 4.39 Å². The highest BCUT2D eigenvalue weighted by molar-refractivity contribution is 6.11. The topological polar surface area (TPSA) is 39.4 Å². The highest BCUT2D eigenvalue weighted by Crippen LogP contribution is 2.25. The Bertz CT molecular complexity index is 599. The number of aryl methyl sites for hydroxylation is 2. The van der Waals surface area contributed by atoms with Crippen LogP contribution in [0.3, 0.4) is 0 Å². The highest BCUT2D eigenvalue weighted by atomic mass is 19.1. The van der Waals surface area contributed by atoms with Crippen LogP contribution in [0, 0.1) is 19.7 Å². The predicted molar refractivity (Wildman–Crippen MR) is 64.6 cm³/mol. The van der Waals surface area contributed by atoms with Crippen LogP contribution in [0.25, 0.3) is 0 Å². The number of furan rings is 1. The van der Waals surface area contributed by atoms with Gasteiger partial charge in [0, 0.05) is 0 Å². The van der Waals surface area contributed by atoms with Crippen LogP contribution in [0.5, 0.6) is 5.75 Å². The van der Waals surface area contributed by atoms with Crippen molar-refractivity contribution in [2.75, 3.05) is 7.11 Å². The molecule has 0 saturated carbocycles. The number of ether oxygens (including phenoxy) is 1. The summed E-state index contributed by atoms with van der Waals surface area (Å²) in [5.41, 5.74) is 0.623. The normalized spacial score (nSPS) is 10.4. The van der Waals surface area contributed by atoms with Crippen LogP contribution < -0.4 is 4.74 Å². The van der Waals surface area contributed by atoms with Gasteiger partial charge < -0.3 is 9.15 Å². The van der Waals surface area contributed by atoms with Crippen LogP contribution in [0.1, 0.15) is 27.4 Å². The van der Waals surface area contributed by atoms with E-state index in [9.17, 15) is 9.18 Å². The number of halogens is 1. The molecule has 0 amide bonds. The van der Waals surface area contributed by atoms with Crippen molar-refractivity contribution in [1.82, 2.24) is 0 Å². The van der Waals surface area contributed by atoms with Gasteiger partial charge in [-0.1, -0.05) is 0 Å². The molecule has 1 aromatic carbocycles. The van der Waals surface area contributed by atoms with E-state index in [2.05, 4.69) is 0 Å². The summed E-state index contributed by atoms with van der Waals surface area (Å²) in [5, 5.41) is 0. The zero-order valence-corrected chi connectivity index (χ0v) is 10.4. The monoisotopic (exact) mass is 248 g/mol. The predicted octanol–water partition coefficient (Wildman–Crippen LogP) is 3.28. The smallest absolute Gasteiger partial charge is 0.200 e. The molecule has 0 fully saturated rings. The average molecular weight is 248 g/mol. The molecule has 0 unspecified atom stereocenters. The lowest BCUT2D eigenvalue weighted by atomic mass is 10.0. The fourth-order valence-corrected chi connectivity index (χ4v) is 1.86. The lowest BCUT2D eigenvalue weighted by Crippen LogP contribution is -2.04. The maximum atomic E-state index is 13.2. The summed E-state index contributed by atoms with van der Waals surface area (Å²) >= 11 is 0. The zero-order valence-electron chi connectivity index (χ0n) is 10.4. The standard InChI is InChI=1S/C14H13FO3/c1-8-6-11(9(2)18-8)14(16)12-7-10(15)4-5-13(12)17-3/h4-7H,1-3H3. The van der Waals surface area contributed by atoms with Gasteiger partial charge in [-0.15, -0.1) is 0 Å². The van der Waals surface area contributed by atoms with E-state index in [0.29, 0.717) is 22.8 Å². The van der Waals surface area contributed by atoms with E-state index in [1.807, 2.05) is 0 Å². The van der Waals surface area contributed by atoms with E-state index in [0.717, 1.165) is 0 Å². The number of methoxy groups -OCH3 is 1. The molecule has 4 heteroatoms. The first kappa shape index (κ1) is 12.4. The number of ketones is 1. The molecule has 0 spiro atoms. The van der Waals surface area contributed by atoms with E-state index < -0.39 is 5.82 Å². The largest absolute Gasteiger partial charge is 0.496 e. The number of rotatable bonds is 3. The summed E-state index contributed by atoms with van der Waals surface area (Å²) in [6.07, 6.45) is 0. The molecule has 0 aliphatic heterocycles. The molecular weight excluding hydrogens is 235 g/mol. The second kappa shape index (κ2) is 4.64. The molecule has 94 valence electrons. The van der Waals surface area contributed by atoms with Crippen molar-refractivity contribution >= 4 is 5.78 Å². The van der Waals surface area contributed by atoms with E-state index in [-0.39, 0.29) is 11.3 Å². The van der Waals surface area contributed by atoms with Crippen LogP contribution in [-0.2, 0) is 0 Å². The molecule has 0 radical (unpaired) electrons. The molecular formula is C14H13FO3. The summed E-state index contributed by atoms with van der Waals surface area (Å²) in [6.45, 7) is 3.46. The Labute approximate surface area is 104 Å². The first-order valence-corrected chi connectivity index (χ1v) is 5.48. The van der Waals surface area contributed by atoms with Crippen LogP contribution in [-0.4, -0.2) is 12.9 Å². The summed E-state index contributed by atoms with van der Waals surface area (Å²) in [6, 6.07) is 5.50. The van der Waals surface area contributed by atoms with Crippen molar-refractivity contribution in [3.8, 4) is 5.75 Å². The number of benzene rings is 1. The van der Waals surface area contributed by atoms with Crippen LogP contribution in [0.2, 0.25) is 0 Å². The molecule has 0 atom stereocenters. The van der Waals surface area contributed by atoms with Gasteiger partial charge >= 0.3 is 0 Å².